The Kier molecular flexibility index (Phi) is 4.33. The minimum Gasteiger partial charge on any atom is -0.468 e. The van der Waals surface area contributed by atoms with E-state index in [0.717, 1.165) is 0 Å². The Hall–Kier alpha value is -1.76. The molecule has 7 heteroatoms. The van der Waals surface area contributed by atoms with E-state index in [9.17, 15) is 19.1 Å². The second kappa shape index (κ2) is 5.53. The number of esters is 1. The number of nitrogens with zero attached hydrogens (tertiary/aromatic N) is 1. The molecular weight excluding hydrogens is 246 g/mol. The summed E-state index contributed by atoms with van der Waals surface area (Å²) in [6.07, 6.45) is 0. The molecule has 17 heavy (non-hydrogen) atoms. The van der Waals surface area contributed by atoms with Crippen molar-refractivity contribution in [1.29, 1.82) is 0 Å². The Labute approximate surface area is 100 Å². The molecule has 0 aromatic heterocycles. The van der Waals surface area contributed by atoms with Gasteiger partial charge in [-0.1, -0.05) is 12.1 Å². The molecule has 1 aromatic rings. The van der Waals surface area contributed by atoms with Crippen molar-refractivity contribution in [3.05, 3.63) is 34.4 Å². The molecule has 1 aromatic carbocycles. The number of nitro benzene ring substituents is 1. The third-order valence-electron chi connectivity index (χ3n) is 2.13. The van der Waals surface area contributed by atoms with E-state index in [4.69, 9.17) is 0 Å². The van der Waals surface area contributed by atoms with Crippen molar-refractivity contribution in [3.63, 3.8) is 0 Å². The maximum Gasteiger partial charge on any atom is 0.321 e. The standard InChI is InChI=1S/C10H11NO5S/c1-7(10(12)16-2)17(15)9-6-4-3-5-8(9)11(13)14/h3-7H,1-2H3. The molecule has 0 aliphatic heterocycles. The largest absolute Gasteiger partial charge is 0.468 e. The van der Waals surface area contributed by atoms with Crippen LogP contribution in [0.15, 0.2) is 29.2 Å². The topological polar surface area (TPSA) is 86.5 Å². The first-order valence-electron chi connectivity index (χ1n) is 4.71. The number of hydrogen-bond donors (Lipinski definition) is 0. The molecule has 0 bridgehead atoms. The number of hydrogen-bond acceptors (Lipinski definition) is 5. The Bertz CT molecular complexity index is 474. The van der Waals surface area contributed by atoms with Gasteiger partial charge in [-0.15, -0.1) is 0 Å². The van der Waals surface area contributed by atoms with Crippen LogP contribution in [-0.4, -0.2) is 27.5 Å². The summed E-state index contributed by atoms with van der Waals surface area (Å²) in [5.41, 5.74) is -0.262. The third kappa shape index (κ3) is 2.88. The van der Waals surface area contributed by atoms with Crippen molar-refractivity contribution in [2.45, 2.75) is 17.1 Å². The number of ether oxygens (including phenoxy) is 1. The van der Waals surface area contributed by atoms with E-state index in [1.54, 1.807) is 0 Å². The van der Waals surface area contributed by atoms with Crippen LogP contribution in [0.25, 0.3) is 0 Å². The van der Waals surface area contributed by atoms with Crippen LogP contribution in [0.5, 0.6) is 0 Å². The van der Waals surface area contributed by atoms with Crippen molar-refractivity contribution in [2.24, 2.45) is 0 Å². The summed E-state index contributed by atoms with van der Waals surface area (Å²) in [6, 6.07) is 5.62. The number of benzene rings is 1. The Balaban J connectivity index is 3.12. The summed E-state index contributed by atoms with van der Waals surface area (Å²) in [6.45, 7) is 1.40. The molecule has 0 N–H and O–H groups in total. The Morgan fingerprint density at radius 1 is 1.47 bits per heavy atom. The van der Waals surface area contributed by atoms with Gasteiger partial charge in [0.2, 0.25) is 0 Å². The van der Waals surface area contributed by atoms with Gasteiger partial charge in [-0.05, 0) is 13.0 Å². The van der Waals surface area contributed by atoms with Crippen LogP contribution in [0.1, 0.15) is 6.92 Å². The third-order valence-corrected chi connectivity index (χ3v) is 3.75. The van der Waals surface area contributed by atoms with Gasteiger partial charge in [0.1, 0.15) is 10.1 Å². The maximum absolute atomic E-state index is 12.0. The highest BCUT2D eigenvalue weighted by atomic mass is 32.2. The van der Waals surface area contributed by atoms with Crippen LogP contribution in [0.2, 0.25) is 0 Å². The van der Waals surface area contributed by atoms with Crippen LogP contribution >= 0.6 is 0 Å². The lowest BCUT2D eigenvalue weighted by molar-refractivity contribution is -0.387. The van der Waals surface area contributed by atoms with Crippen LogP contribution in [0.4, 0.5) is 5.69 Å². The molecule has 0 saturated carbocycles. The van der Waals surface area contributed by atoms with Crippen molar-refractivity contribution in [2.75, 3.05) is 7.11 Å². The predicted octanol–water partition coefficient (Wildman–Crippen LogP) is 1.26. The fourth-order valence-electron chi connectivity index (χ4n) is 1.22. The molecule has 0 amide bonds. The van der Waals surface area contributed by atoms with E-state index in [-0.39, 0.29) is 10.6 Å². The second-order valence-corrected chi connectivity index (χ2v) is 4.93. The molecule has 1 rings (SSSR count). The van der Waals surface area contributed by atoms with E-state index < -0.39 is 26.9 Å². The van der Waals surface area contributed by atoms with Gasteiger partial charge in [-0.2, -0.15) is 0 Å². The second-order valence-electron chi connectivity index (χ2n) is 3.19. The van der Waals surface area contributed by atoms with Gasteiger partial charge >= 0.3 is 5.97 Å². The minimum atomic E-state index is -1.81. The molecule has 92 valence electrons. The van der Waals surface area contributed by atoms with Crippen LogP contribution in [0.3, 0.4) is 0 Å². The fraction of sp³-hybridized carbons (Fsp3) is 0.300. The lowest BCUT2D eigenvalue weighted by Crippen LogP contribution is -2.24. The Morgan fingerprint density at radius 2 is 2.06 bits per heavy atom. The Morgan fingerprint density at radius 3 is 2.59 bits per heavy atom. The summed E-state index contributed by atoms with van der Waals surface area (Å²) in [5, 5.41) is 9.80. The number of carbonyl (C=O) groups excluding carboxylic acids is 1. The number of nitro groups is 1. The lowest BCUT2D eigenvalue weighted by atomic mass is 10.3. The van der Waals surface area contributed by atoms with Gasteiger partial charge in [-0.3, -0.25) is 19.1 Å². The van der Waals surface area contributed by atoms with Crippen LogP contribution < -0.4 is 0 Å². The SMILES string of the molecule is COC(=O)C(C)S(=O)c1ccccc1[N+](=O)[O-]. The van der Waals surface area contributed by atoms with Crippen LogP contribution in [0, 0.1) is 10.1 Å². The van der Waals surface area contributed by atoms with Crippen molar-refractivity contribution < 1.29 is 18.7 Å². The molecule has 0 aliphatic rings. The fourth-order valence-corrected chi connectivity index (χ4v) is 2.44. The van der Waals surface area contributed by atoms with Crippen molar-refractivity contribution in [3.8, 4) is 0 Å². The number of para-hydroxylation sites is 1. The van der Waals surface area contributed by atoms with Gasteiger partial charge in [0.15, 0.2) is 0 Å². The molecule has 0 radical (unpaired) electrons. The van der Waals surface area contributed by atoms with E-state index in [1.165, 1.54) is 38.3 Å². The zero-order valence-corrected chi connectivity index (χ0v) is 10.1. The van der Waals surface area contributed by atoms with Gasteiger partial charge in [0.25, 0.3) is 5.69 Å². The van der Waals surface area contributed by atoms with E-state index in [0.29, 0.717) is 0 Å². The number of methoxy groups -OCH3 is 1. The van der Waals surface area contributed by atoms with Crippen LogP contribution in [-0.2, 0) is 20.3 Å². The number of carbonyl (C=O) groups is 1. The highest BCUT2D eigenvalue weighted by molar-refractivity contribution is 7.86. The molecule has 2 unspecified atom stereocenters. The highest BCUT2D eigenvalue weighted by Gasteiger charge is 2.27. The summed E-state index contributed by atoms with van der Waals surface area (Å²) >= 11 is 0. The quantitative estimate of drug-likeness (QED) is 0.460. The maximum atomic E-state index is 12.0. The smallest absolute Gasteiger partial charge is 0.321 e. The number of rotatable bonds is 4. The van der Waals surface area contributed by atoms with Crippen molar-refractivity contribution >= 4 is 22.5 Å². The molecule has 0 heterocycles. The summed E-state index contributed by atoms with van der Waals surface area (Å²) in [5.74, 6) is -0.665. The molecule has 0 aliphatic carbocycles. The normalized spacial score (nSPS) is 13.8. The molecule has 0 fully saturated rings. The molecule has 0 spiro atoms. The van der Waals surface area contributed by atoms with Gasteiger partial charge in [-0.25, -0.2) is 0 Å². The molecule has 6 nitrogen and oxygen atoms in total. The summed E-state index contributed by atoms with van der Waals surface area (Å²) < 4.78 is 16.4. The first-order chi connectivity index (χ1) is 7.99. The van der Waals surface area contributed by atoms with Gasteiger partial charge in [0, 0.05) is 6.07 Å². The summed E-state index contributed by atoms with van der Waals surface area (Å²) in [7, 11) is -0.630. The minimum absolute atomic E-state index is 0.0235. The van der Waals surface area contributed by atoms with Gasteiger partial charge in [0.05, 0.1) is 22.8 Å². The van der Waals surface area contributed by atoms with E-state index in [1.807, 2.05) is 0 Å². The molecular formula is C10H11NO5S. The van der Waals surface area contributed by atoms with Gasteiger partial charge < -0.3 is 4.74 Å². The summed E-state index contributed by atoms with van der Waals surface area (Å²) in [4.78, 5) is 21.4. The highest BCUT2D eigenvalue weighted by Crippen LogP contribution is 2.23. The first-order valence-corrected chi connectivity index (χ1v) is 5.92. The lowest BCUT2D eigenvalue weighted by Gasteiger charge is -2.09. The molecule has 2 atom stereocenters. The zero-order chi connectivity index (χ0) is 13.0. The van der Waals surface area contributed by atoms with Crippen molar-refractivity contribution in [1.82, 2.24) is 0 Å². The monoisotopic (exact) mass is 257 g/mol. The van der Waals surface area contributed by atoms with E-state index in [2.05, 4.69) is 4.74 Å². The zero-order valence-electron chi connectivity index (χ0n) is 9.28. The average Bonchev–Trinajstić information content (AvgIpc) is 2.35. The predicted molar refractivity (Wildman–Crippen MR) is 61.0 cm³/mol. The van der Waals surface area contributed by atoms with E-state index >= 15 is 0 Å². The first kappa shape index (κ1) is 13.3. The average molecular weight is 257 g/mol. The molecule has 0 saturated heterocycles.